The maximum absolute atomic E-state index is 13.0. The third-order valence-electron chi connectivity index (χ3n) is 4.78. The zero-order valence-electron chi connectivity index (χ0n) is 16.9. The minimum Gasteiger partial charge on any atom is -0.348 e. The van der Waals surface area contributed by atoms with E-state index in [0.717, 1.165) is 21.7 Å². The van der Waals surface area contributed by atoms with Crippen molar-refractivity contribution in [3.8, 4) is 0 Å². The van der Waals surface area contributed by atoms with Gasteiger partial charge in [0.25, 0.3) is 0 Å². The zero-order valence-corrected chi connectivity index (χ0v) is 18.4. The number of aryl methyl sites for hydroxylation is 2. The quantitative estimate of drug-likeness (QED) is 0.720. The molecule has 2 rings (SSSR count). The van der Waals surface area contributed by atoms with E-state index in [1.165, 1.54) is 5.56 Å². The minimum atomic E-state index is -3.69. The highest BCUT2D eigenvalue weighted by Crippen LogP contribution is 2.26. The molecule has 0 fully saturated rings. The van der Waals surface area contributed by atoms with Gasteiger partial charge in [-0.3, -0.25) is 9.10 Å². The monoisotopic (exact) mass is 422 g/mol. The van der Waals surface area contributed by atoms with Crippen molar-refractivity contribution in [2.24, 2.45) is 0 Å². The highest BCUT2D eigenvalue weighted by atomic mass is 35.5. The topological polar surface area (TPSA) is 66.5 Å². The first-order valence-corrected chi connectivity index (χ1v) is 11.4. The van der Waals surface area contributed by atoms with Crippen molar-refractivity contribution in [1.29, 1.82) is 0 Å². The summed E-state index contributed by atoms with van der Waals surface area (Å²) in [6.07, 6.45) is 1.42. The summed E-state index contributed by atoms with van der Waals surface area (Å²) >= 11 is 6.04. The second-order valence-corrected chi connectivity index (χ2v) is 9.33. The maximum atomic E-state index is 13.0. The number of benzene rings is 2. The molecule has 28 heavy (non-hydrogen) atoms. The van der Waals surface area contributed by atoms with Gasteiger partial charge in [-0.15, -0.1) is 0 Å². The second kappa shape index (κ2) is 8.97. The molecule has 1 N–H and O–H groups in total. The van der Waals surface area contributed by atoms with Crippen molar-refractivity contribution in [1.82, 2.24) is 5.32 Å². The summed E-state index contributed by atoms with van der Waals surface area (Å²) in [5, 5.41) is 3.36. The first-order chi connectivity index (χ1) is 13.0. The van der Waals surface area contributed by atoms with Gasteiger partial charge in [-0.25, -0.2) is 8.42 Å². The smallest absolute Gasteiger partial charge is 0.244 e. The molecule has 0 saturated carbocycles. The molecule has 2 aromatic rings. The van der Waals surface area contributed by atoms with Crippen LogP contribution >= 0.6 is 11.6 Å². The molecule has 0 saturated heterocycles. The normalized spacial score (nSPS) is 13.6. The lowest BCUT2D eigenvalue weighted by Gasteiger charge is -2.31. The highest BCUT2D eigenvalue weighted by Gasteiger charge is 2.32. The van der Waals surface area contributed by atoms with E-state index in [1.807, 2.05) is 39.0 Å². The summed E-state index contributed by atoms with van der Waals surface area (Å²) in [5.41, 5.74) is 3.66. The molecule has 0 aliphatic heterocycles. The molecule has 0 unspecified atom stereocenters. The molecule has 0 bridgehead atoms. The van der Waals surface area contributed by atoms with Gasteiger partial charge in [0.1, 0.15) is 6.04 Å². The Hall–Kier alpha value is -2.05. The average molecular weight is 423 g/mol. The number of hydrogen-bond donors (Lipinski definition) is 1. The van der Waals surface area contributed by atoms with E-state index in [2.05, 4.69) is 5.32 Å². The number of sulfonamides is 1. The van der Waals surface area contributed by atoms with E-state index in [0.29, 0.717) is 17.1 Å². The number of rotatable bonds is 7. The molecule has 2 aromatic carbocycles. The van der Waals surface area contributed by atoms with Crippen LogP contribution in [0.5, 0.6) is 0 Å². The van der Waals surface area contributed by atoms with Crippen molar-refractivity contribution in [3.63, 3.8) is 0 Å². The average Bonchev–Trinajstić information content (AvgIpc) is 2.60. The number of amides is 1. The van der Waals surface area contributed by atoms with Gasteiger partial charge in [0, 0.05) is 5.02 Å². The lowest BCUT2D eigenvalue weighted by molar-refractivity contribution is -0.122. The van der Waals surface area contributed by atoms with Crippen molar-refractivity contribution in [3.05, 3.63) is 64.2 Å². The van der Waals surface area contributed by atoms with E-state index < -0.39 is 16.1 Å². The Balaban J connectivity index is 2.32. The SMILES string of the molecule is CC[C@@H](C(=O)N[C@@H](C)c1ccc(C)c(C)c1)N(c1cccc(Cl)c1)S(C)(=O)=O. The number of hydrogen-bond acceptors (Lipinski definition) is 3. The van der Waals surface area contributed by atoms with Gasteiger partial charge < -0.3 is 5.32 Å². The number of nitrogens with zero attached hydrogens (tertiary/aromatic N) is 1. The molecule has 0 aliphatic rings. The summed E-state index contributed by atoms with van der Waals surface area (Å²) in [6.45, 7) is 7.73. The molecule has 0 aliphatic carbocycles. The fourth-order valence-electron chi connectivity index (χ4n) is 3.10. The highest BCUT2D eigenvalue weighted by molar-refractivity contribution is 7.92. The zero-order chi connectivity index (χ0) is 21.1. The number of carbonyl (C=O) groups excluding carboxylic acids is 1. The fourth-order valence-corrected chi connectivity index (χ4v) is 4.49. The molecular weight excluding hydrogens is 396 g/mol. The van der Waals surface area contributed by atoms with Gasteiger partial charge >= 0.3 is 0 Å². The van der Waals surface area contributed by atoms with Crippen LogP contribution in [-0.4, -0.2) is 26.6 Å². The van der Waals surface area contributed by atoms with E-state index >= 15 is 0 Å². The summed E-state index contributed by atoms with van der Waals surface area (Å²) in [4.78, 5) is 13.0. The van der Waals surface area contributed by atoms with Gasteiger partial charge in [0.2, 0.25) is 15.9 Å². The van der Waals surface area contributed by atoms with Crippen LogP contribution in [0.2, 0.25) is 5.02 Å². The first kappa shape index (κ1) is 22.2. The molecule has 0 spiro atoms. The lowest BCUT2D eigenvalue weighted by Crippen LogP contribution is -2.49. The lowest BCUT2D eigenvalue weighted by atomic mass is 10.0. The molecule has 0 aromatic heterocycles. The van der Waals surface area contributed by atoms with E-state index in [1.54, 1.807) is 31.2 Å². The van der Waals surface area contributed by atoms with Gasteiger partial charge in [-0.1, -0.05) is 42.8 Å². The summed E-state index contributed by atoms with van der Waals surface area (Å²) < 4.78 is 26.1. The van der Waals surface area contributed by atoms with E-state index in [9.17, 15) is 13.2 Å². The van der Waals surface area contributed by atoms with Crippen LogP contribution in [0.15, 0.2) is 42.5 Å². The number of nitrogens with one attached hydrogen (secondary N) is 1. The van der Waals surface area contributed by atoms with Crippen LogP contribution in [0.4, 0.5) is 5.69 Å². The van der Waals surface area contributed by atoms with Crippen molar-refractivity contribution in [2.45, 2.75) is 46.2 Å². The molecule has 152 valence electrons. The van der Waals surface area contributed by atoms with Crippen molar-refractivity contribution >= 4 is 33.2 Å². The molecule has 0 heterocycles. The molecule has 0 radical (unpaired) electrons. The summed E-state index contributed by atoms with van der Waals surface area (Å²) in [7, 11) is -3.69. The molecule has 1 amide bonds. The molecule has 5 nitrogen and oxygen atoms in total. The van der Waals surface area contributed by atoms with Crippen LogP contribution in [0, 0.1) is 13.8 Å². The van der Waals surface area contributed by atoms with Crippen LogP contribution in [-0.2, 0) is 14.8 Å². The Labute approximate surface area is 172 Å². The van der Waals surface area contributed by atoms with Crippen LogP contribution in [0.25, 0.3) is 0 Å². The summed E-state index contributed by atoms with van der Waals surface area (Å²) in [6, 6.07) is 11.4. The third kappa shape index (κ3) is 5.26. The predicted octanol–water partition coefficient (Wildman–Crippen LogP) is 4.38. The van der Waals surface area contributed by atoms with Gasteiger partial charge in [-0.05, 0) is 62.1 Å². The molecule has 2 atom stereocenters. The standard InChI is InChI=1S/C21H27ClN2O3S/c1-6-20(24(28(5,26)27)19-9-7-8-18(22)13-19)21(25)23-16(4)17-11-10-14(2)15(3)12-17/h7-13,16,20H,6H2,1-5H3,(H,23,25)/t16-,20-/m0/s1. The van der Waals surface area contributed by atoms with Crippen LogP contribution in [0.1, 0.15) is 43.0 Å². The minimum absolute atomic E-state index is 0.248. The Kier molecular flexibility index (Phi) is 7.12. The summed E-state index contributed by atoms with van der Waals surface area (Å²) in [5.74, 6) is -0.348. The first-order valence-electron chi connectivity index (χ1n) is 9.17. The maximum Gasteiger partial charge on any atom is 0.244 e. The third-order valence-corrected chi connectivity index (χ3v) is 6.20. The number of halogens is 1. The molecule has 7 heteroatoms. The Morgan fingerprint density at radius 3 is 2.36 bits per heavy atom. The Morgan fingerprint density at radius 2 is 1.82 bits per heavy atom. The van der Waals surface area contributed by atoms with Crippen molar-refractivity contribution in [2.75, 3.05) is 10.6 Å². The second-order valence-electron chi connectivity index (χ2n) is 7.04. The Morgan fingerprint density at radius 1 is 1.14 bits per heavy atom. The van der Waals surface area contributed by atoms with Crippen LogP contribution < -0.4 is 9.62 Å². The largest absolute Gasteiger partial charge is 0.348 e. The van der Waals surface area contributed by atoms with E-state index in [-0.39, 0.29) is 11.9 Å². The predicted molar refractivity (Wildman–Crippen MR) is 115 cm³/mol. The van der Waals surface area contributed by atoms with Gasteiger partial charge in [0.05, 0.1) is 18.0 Å². The van der Waals surface area contributed by atoms with Gasteiger partial charge in [-0.2, -0.15) is 0 Å². The van der Waals surface area contributed by atoms with Crippen LogP contribution in [0.3, 0.4) is 0 Å². The Bertz CT molecular complexity index is 960. The van der Waals surface area contributed by atoms with Gasteiger partial charge in [0.15, 0.2) is 0 Å². The number of anilines is 1. The van der Waals surface area contributed by atoms with Crippen molar-refractivity contribution < 1.29 is 13.2 Å². The number of carbonyl (C=O) groups is 1. The van der Waals surface area contributed by atoms with E-state index in [4.69, 9.17) is 11.6 Å². The molecular formula is C21H27ClN2O3S. The fraction of sp³-hybridized carbons (Fsp3) is 0.381.